The lowest BCUT2D eigenvalue weighted by Gasteiger charge is -2.04. The molecule has 0 aliphatic heterocycles. The number of esters is 1. The Bertz CT molecular complexity index is 792. The second-order valence-electron chi connectivity index (χ2n) is 4.30. The largest absolute Gasteiger partial charge is 0.465 e. The van der Waals surface area contributed by atoms with Crippen LogP contribution in [0.15, 0.2) is 48.5 Å². The lowest BCUT2D eigenvalue weighted by atomic mass is 10.0. The molecule has 0 unspecified atom stereocenters. The van der Waals surface area contributed by atoms with Gasteiger partial charge in [0.2, 0.25) is 0 Å². The Labute approximate surface area is 119 Å². The number of ether oxygens (including phenoxy) is 1. The molecule has 0 aliphatic carbocycles. The van der Waals surface area contributed by atoms with E-state index in [1.54, 1.807) is 24.3 Å². The summed E-state index contributed by atoms with van der Waals surface area (Å²) in [6, 6.07) is 14.0. The normalized spacial score (nSPS) is 10.7. The number of hydrogen-bond donors (Lipinski definition) is 0. The molecular weight excluding hydrogens is 275 g/mol. The third-order valence-corrected chi connectivity index (χ3v) is 4.19. The quantitative estimate of drug-likeness (QED) is 0.649. The molecule has 1 heterocycles. The van der Waals surface area contributed by atoms with Crippen molar-refractivity contribution in [2.24, 2.45) is 0 Å². The zero-order valence-corrected chi connectivity index (χ0v) is 11.5. The summed E-state index contributed by atoms with van der Waals surface area (Å²) in [4.78, 5) is 12.1. The summed E-state index contributed by atoms with van der Waals surface area (Å²) < 4.78 is 19.6. The summed E-state index contributed by atoms with van der Waals surface area (Å²) in [5, 5.41) is 0.864. The molecule has 3 rings (SSSR count). The van der Waals surface area contributed by atoms with Gasteiger partial charge in [-0.3, -0.25) is 0 Å². The molecule has 3 aromatic rings. The number of rotatable bonds is 2. The molecule has 2 aromatic carbocycles. The van der Waals surface area contributed by atoms with Crippen LogP contribution in [0.2, 0.25) is 0 Å². The number of carbonyl (C=O) groups is 1. The van der Waals surface area contributed by atoms with Gasteiger partial charge in [0.05, 0.1) is 7.11 Å². The van der Waals surface area contributed by atoms with E-state index < -0.39 is 0 Å². The molecule has 0 bridgehead atoms. The van der Waals surface area contributed by atoms with Crippen molar-refractivity contribution in [3.05, 3.63) is 59.2 Å². The maximum atomic E-state index is 13.9. The summed E-state index contributed by atoms with van der Waals surface area (Å²) in [5.41, 5.74) is 1.32. The highest BCUT2D eigenvalue weighted by molar-refractivity contribution is 7.20. The van der Waals surface area contributed by atoms with E-state index in [1.165, 1.54) is 24.5 Å². The molecule has 1 aromatic heterocycles. The monoisotopic (exact) mass is 286 g/mol. The van der Waals surface area contributed by atoms with Crippen LogP contribution in [0.1, 0.15) is 9.67 Å². The summed E-state index contributed by atoms with van der Waals surface area (Å²) in [6.45, 7) is 0. The Morgan fingerprint density at radius 2 is 1.85 bits per heavy atom. The number of halogens is 1. The van der Waals surface area contributed by atoms with Crippen LogP contribution in [0, 0.1) is 5.82 Å². The summed E-state index contributed by atoms with van der Waals surface area (Å²) >= 11 is 1.35. The SMILES string of the molecule is COC(=O)c1cc2c(-c3ccccc3F)cccc2s1. The molecule has 20 heavy (non-hydrogen) atoms. The minimum atomic E-state index is -0.370. The molecule has 4 heteroatoms. The number of benzene rings is 2. The maximum absolute atomic E-state index is 13.9. The van der Waals surface area contributed by atoms with E-state index in [0.717, 1.165) is 15.6 Å². The predicted molar refractivity (Wildman–Crippen MR) is 78.6 cm³/mol. The van der Waals surface area contributed by atoms with Gasteiger partial charge in [-0.25, -0.2) is 9.18 Å². The molecule has 0 radical (unpaired) electrons. The second-order valence-corrected chi connectivity index (χ2v) is 5.38. The van der Waals surface area contributed by atoms with Crippen molar-refractivity contribution in [1.82, 2.24) is 0 Å². The Hall–Kier alpha value is -2.20. The molecule has 0 aliphatic rings. The molecule has 0 amide bonds. The first-order valence-electron chi connectivity index (χ1n) is 6.06. The van der Waals surface area contributed by atoms with Crippen molar-refractivity contribution in [3.8, 4) is 11.1 Å². The Morgan fingerprint density at radius 3 is 2.60 bits per heavy atom. The fourth-order valence-corrected chi connectivity index (χ4v) is 3.18. The van der Waals surface area contributed by atoms with Gasteiger partial charge in [-0.2, -0.15) is 0 Å². The van der Waals surface area contributed by atoms with Crippen LogP contribution in [-0.4, -0.2) is 13.1 Å². The minimum Gasteiger partial charge on any atom is -0.465 e. The lowest BCUT2D eigenvalue weighted by Crippen LogP contribution is -1.96. The lowest BCUT2D eigenvalue weighted by molar-refractivity contribution is 0.0606. The Kier molecular flexibility index (Phi) is 3.24. The minimum absolute atomic E-state index is 0.272. The predicted octanol–water partition coefficient (Wildman–Crippen LogP) is 4.49. The smallest absolute Gasteiger partial charge is 0.348 e. The number of hydrogen-bond acceptors (Lipinski definition) is 3. The fourth-order valence-electron chi connectivity index (χ4n) is 2.18. The van der Waals surface area contributed by atoms with Gasteiger partial charge in [-0.05, 0) is 23.8 Å². The van der Waals surface area contributed by atoms with Crippen LogP contribution in [-0.2, 0) is 4.74 Å². The second kappa shape index (κ2) is 5.06. The van der Waals surface area contributed by atoms with Crippen molar-refractivity contribution < 1.29 is 13.9 Å². The standard InChI is InChI=1S/C16H11FO2S/c1-19-16(18)15-9-12-10(6-4-8-14(12)20-15)11-5-2-3-7-13(11)17/h2-9H,1H3. The number of thiophene rings is 1. The summed E-state index contributed by atoms with van der Waals surface area (Å²) in [7, 11) is 1.35. The van der Waals surface area contributed by atoms with Crippen LogP contribution < -0.4 is 0 Å². The number of fused-ring (bicyclic) bond motifs is 1. The molecule has 0 atom stereocenters. The van der Waals surface area contributed by atoms with Crippen molar-refractivity contribution in [1.29, 1.82) is 0 Å². The zero-order valence-electron chi connectivity index (χ0n) is 10.7. The van der Waals surface area contributed by atoms with Crippen LogP contribution in [0.3, 0.4) is 0 Å². The van der Waals surface area contributed by atoms with Crippen molar-refractivity contribution >= 4 is 27.4 Å². The van der Waals surface area contributed by atoms with E-state index >= 15 is 0 Å². The van der Waals surface area contributed by atoms with Gasteiger partial charge in [-0.1, -0.05) is 30.3 Å². The topological polar surface area (TPSA) is 26.3 Å². The zero-order chi connectivity index (χ0) is 14.1. The first kappa shape index (κ1) is 12.8. The maximum Gasteiger partial charge on any atom is 0.348 e. The molecule has 0 fully saturated rings. The molecular formula is C16H11FO2S. The molecule has 0 spiro atoms. The van der Waals surface area contributed by atoms with Gasteiger partial charge in [-0.15, -0.1) is 11.3 Å². The highest BCUT2D eigenvalue weighted by Gasteiger charge is 2.14. The van der Waals surface area contributed by atoms with E-state index in [0.29, 0.717) is 10.4 Å². The van der Waals surface area contributed by atoms with Gasteiger partial charge in [0.15, 0.2) is 0 Å². The number of methoxy groups -OCH3 is 1. The van der Waals surface area contributed by atoms with Crippen molar-refractivity contribution in [3.63, 3.8) is 0 Å². The Balaban J connectivity index is 2.24. The van der Waals surface area contributed by atoms with Gasteiger partial charge < -0.3 is 4.74 Å². The van der Waals surface area contributed by atoms with Crippen molar-refractivity contribution in [2.45, 2.75) is 0 Å². The van der Waals surface area contributed by atoms with Crippen LogP contribution in [0.5, 0.6) is 0 Å². The van der Waals surface area contributed by atoms with E-state index in [1.807, 2.05) is 18.2 Å². The van der Waals surface area contributed by atoms with E-state index in [9.17, 15) is 9.18 Å². The van der Waals surface area contributed by atoms with Crippen molar-refractivity contribution in [2.75, 3.05) is 7.11 Å². The Morgan fingerprint density at radius 1 is 1.10 bits per heavy atom. The van der Waals surface area contributed by atoms with Crippen LogP contribution in [0.25, 0.3) is 21.2 Å². The average molecular weight is 286 g/mol. The molecule has 0 N–H and O–H groups in total. The van der Waals surface area contributed by atoms with Crippen LogP contribution in [0.4, 0.5) is 4.39 Å². The van der Waals surface area contributed by atoms with E-state index in [4.69, 9.17) is 4.74 Å². The van der Waals surface area contributed by atoms with E-state index in [2.05, 4.69) is 0 Å². The van der Waals surface area contributed by atoms with E-state index in [-0.39, 0.29) is 11.8 Å². The molecule has 0 saturated heterocycles. The molecule has 100 valence electrons. The first-order chi connectivity index (χ1) is 9.70. The summed E-state index contributed by atoms with van der Waals surface area (Å²) in [6.07, 6.45) is 0. The highest BCUT2D eigenvalue weighted by Crippen LogP contribution is 2.35. The fraction of sp³-hybridized carbons (Fsp3) is 0.0625. The van der Waals surface area contributed by atoms with Gasteiger partial charge >= 0.3 is 5.97 Å². The third kappa shape index (κ3) is 2.08. The van der Waals surface area contributed by atoms with Gasteiger partial charge in [0, 0.05) is 15.6 Å². The molecule has 2 nitrogen and oxygen atoms in total. The first-order valence-corrected chi connectivity index (χ1v) is 6.88. The summed E-state index contributed by atoms with van der Waals surface area (Å²) in [5.74, 6) is -0.642. The number of carbonyl (C=O) groups excluding carboxylic acids is 1. The average Bonchev–Trinajstić information content (AvgIpc) is 2.91. The van der Waals surface area contributed by atoms with Gasteiger partial charge in [0.25, 0.3) is 0 Å². The molecule has 0 saturated carbocycles. The third-order valence-electron chi connectivity index (χ3n) is 3.11. The van der Waals surface area contributed by atoms with Crippen LogP contribution >= 0.6 is 11.3 Å². The highest BCUT2D eigenvalue weighted by atomic mass is 32.1. The van der Waals surface area contributed by atoms with Gasteiger partial charge in [0.1, 0.15) is 10.7 Å².